The summed E-state index contributed by atoms with van der Waals surface area (Å²) in [4.78, 5) is 17.2. The Morgan fingerprint density at radius 1 is 1.07 bits per heavy atom. The van der Waals surface area contributed by atoms with E-state index in [9.17, 15) is 4.79 Å². The van der Waals surface area contributed by atoms with Gasteiger partial charge in [0.25, 0.3) is 5.91 Å². The molecule has 1 amide bonds. The molecule has 2 aromatic carbocycles. The minimum Gasteiger partial charge on any atom is -0.484 e. The number of carbonyl (C=O) groups is 1. The van der Waals surface area contributed by atoms with Crippen molar-refractivity contribution in [2.24, 2.45) is 0 Å². The molecule has 2 fully saturated rings. The van der Waals surface area contributed by atoms with Crippen molar-refractivity contribution in [3.8, 4) is 5.75 Å². The Balaban J connectivity index is 1.27. The average molecular weight is 380 g/mol. The van der Waals surface area contributed by atoms with Crippen molar-refractivity contribution in [1.82, 2.24) is 4.90 Å². The highest BCUT2D eigenvalue weighted by molar-refractivity contribution is 5.92. The highest BCUT2D eigenvalue weighted by atomic mass is 16.5. The smallest absolute Gasteiger partial charge is 0.262 e. The van der Waals surface area contributed by atoms with Gasteiger partial charge in [-0.25, -0.2) is 0 Å². The summed E-state index contributed by atoms with van der Waals surface area (Å²) in [5.41, 5.74) is 2.03. The van der Waals surface area contributed by atoms with Gasteiger partial charge in [-0.05, 0) is 69.1 Å². The lowest BCUT2D eigenvalue weighted by molar-refractivity contribution is -0.118. The number of anilines is 2. The fourth-order valence-corrected chi connectivity index (χ4v) is 4.36. The molecule has 2 unspecified atom stereocenters. The molecule has 2 heterocycles. The van der Waals surface area contributed by atoms with Crippen LogP contribution in [0.25, 0.3) is 0 Å². The summed E-state index contributed by atoms with van der Waals surface area (Å²) in [5.74, 6) is 0.546. The van der Waals surface area contributed by atoms with E-state index in [2.05, 4.69) is 34.2 Å². The second kappa shape index (κ2) is 8.65. The molecular weight excluding hydrogens is 350 g/mol. The lowest BCUT2D eigenvalue weighted by Gasteiger charge is -2.28. The molecule has 1 N–H and O–H groups in total. The normalized spacial score (nSPS) is 22.4. The number of likely N-dealkylation sites (tertiary alicyclic amines) is 1. The fraction of sp³-hybridized carbons (Fsp3) is 0.435. The van der Waals surface area contributed by atoms with Crippen LogP contribution in [0.5, 0.6) is 5.75 Å². The number of nitrogens with zero attached hydrogens (tertiary/aromatic N) is 2. The van der Waals surface area contributed by atoms with E-state index in [0.717, 1.165) is 24.8 Å². The summed E-state index contributed by atoms with van der Waals surface area (Å²) in [5, 5.41) is 2.90. The molecule has 2 saturated heterocycles. The summed E-state index contributed by atoms with van der Waals surface area (Å²) in [6, 6.07) is 18.9. The largest absolute Gasteiger partial charge is 0.484 e. The first kappa shape index (κ1) is 18.8. The standard InChI is InChI=1S/C23H29N3O2/c1-18-6-5-14-26(18)21-13-15-25(16-21)20-11-9-19(10-12-20)24-23(27)17-28-22-7-3-2-4-8-22/h2-4,7-12,18,21H,5-6,13-17H2,1H3,(H,24,27). The molecule has 4 rings (SSSR count). The quantitative estimate of drug-likeness (QED) is 0.830. The van der Waals surface area contributed by atoms with Crippen LogP contribution in [0, 0.1) is 0 Å². The van der Waals surface area contributed by atoms with Gasteiger partial charge in [0.1, 0.15) is 5.75 Å². The number of hydrogen-bond donors (Lipinski definition) is 1. The van der Waals surface area contributed by atoms with Gasteiger partial charge in [-0.3, -0.25) is 9.69 Å². The molecule has 2 aromatic rings. The Morgan fingerprint density at radius 2 is 1.86 bits per heavy atom. The molecule has 0 bridgehead atoms. The maximum absolute atomic E-state index is 12.1. The van der Waals surface area contributed by atoms with Gasteiger partial charge in [0.05, 0.1) is 0 Å². The first-order valence-electron chi connectivity index (χ1n) is 10.3. The third kappa shape index (κ3) is 4.47. The van der Waals surface area contributed by atoms with Crippen molar-refractivity contribution in [1.29, 1.82) is 0 Å². The zero-order chi connectivity index (χ0) is 19.3. The van der Waals surface area contributed by atoms with Crippen LogP contribution >= 0.6 is 0 Å². The van der Waals surface area contributed by atoms with E-state index in [1.54, 1.807) is 0 Å². The molecule has 2 atom stereocenters. The monoisotopic (exact) mass is 379 g/mol. The van der Waals surface area contributed by atoms with Crippen LogP contribution in [-0.2, 0) is 4.79 Å². The Kier molecular flexibility index (Phi) is 5.81. The number of benzene rings is 2. The molecule has 5 heteroatoms. The molecule has 0 spiro atoms. The van der Waals surface area contributed by atoms with E-state index in [1.807, 2.05) is 42.5 Å². The Labute approximate surface area is 167 Å². The molecule has 2 aliphatic rings. The molecule has 148 valence electrons. The minimum atomic E-state index is -0.152. The highest BCUT2D eigenvalue weighted by Crippen LogP contribution is 2.28. The summed E-state index contributed by atoms with van der Waals surface area (Å²) in [6.45, 7) is 5.81. The van der Waals surface area contributed by atoms with Crippen molar-refractivity contribution < 1.29 is 9.53 Å². The number of para-hydroxylation sites is 1. The van der Waals surface area contributed by atoms with Crippen LogP contribution in [0.4, 0.5) is 11.4 Å². The second-order valence-corrected chi connectivity index (χ2v) is 7.81. The lowest BCUT2D eigenvalue weighted by atomic mass is 10.2. The lowest BCUT2D eigenvalue weighted by Crippen LogP contribution is -2.39. The number of rotatable bonds is 6. The van der Waals surface area contributed by atoms with Crippen LogP contribution in [0.3, 0.4) is 0 Å². The molecule has 0 saturated carbocycles. The third-order valence-electron chi connectivity index (χ3n) is 5.87. The summed E-state index contributed by atoms with van der Waals surface area (Å²) >= 11 is 0. The van der Waals surface area contributed by atoms with Gasteiger partial charge in [-0.2, -0.15) is 0 Å². The van der Waals surface area contributed by atoms with Gasteiger partial charge >= 0.3 is 0 Å². The maximum Gasteiger partial charge on any atom is 0.262 e. The highest BCUT2D eigenvalue weighted by Gasteiger charge is 2.32. The van der Waals surface area contributed by atoms with E-state index in [4.69, 9.17) is 4.74 Å². The minimum absolute atomic E-state index is 0.00753. The maximum atomic E-state index is 12.1. The topological polar surface area (TPSA) is 44.8 Å². The molecule has 5 nitrogen and oxygen atoms in total. The second-order valence-electron chi connectivity index (χ2n) is 7.81. The van der Waals surface area contributed by atoms with Gasteiger partial charge in [0, 0.05) is 36.5 Å². The van der Waals surface area contributed by atoms with Crippen LogP contribution in [0.15, 0.2) is 54.6 Å². The van der Waals surface area contributed by atoms with Crippen LogP contribution in [0.2, 0.25) is 0 Å². The van der Waals surface area contributed by atoms with E-state index < -0.39 is 0 Å². The van der Waals surface area contributed by atoms with Gasteiger partial charge in [0.15, 0.2) is 6.61 Å². The number of carbonyl (C=O) groups excluding carboxylic acids is 1. The molecule has 2 aliphatic heterocycles. The molecule has 0 radical (unpaired) electrons. The van der Waals surface area contributed by atoms with Gasteiger partial charge in [-0.15, -0.1) is 0 Å². The Morgan fingerprint density at radius 3 is 2.57 bits per heavy atom. The predicted octanol–water partition coefficient (Wildman–Crippen LogP) is 3.77. The Bertz CT molecular complexity index is 778. The summed E-state index contributed by atoms with van der Waals surface area (Å²) < 4.78 is 5.49. The first-order chi connectivity index (χ1) is 13.7. The van der Waals surface area contributed by atoms with E-state index in [-0.39, 0.29) is 12.5 Å². The van der Waals surface area contributed by atoms with Gasteiger partial charge < -0.3 is 15.0 Å². The third-order valence-corrected chi connectivity index (χ3v) is 5.87. The van der Waals surface area contributed by atoms with Crippen molar-refractivity contribution in [2.75, 3.05) is 36.5 Å². The van der Waals surface area contributed by atoms with Crippen LogP contribution < -0.4 is 15.0 Å². The van der Waals surface area contributed by atoms with Crippen molar-refractivity contribution >= 4 is 17.3 Å². The van der Waals surface area contributed by atoms with Gasteiger partial charge in [-0.1, -0.05) is 18.2 Å². The van der Waals surface area contributed by atoms with Crippen molar-refractivity contribution in [3.05, 3.63) is 54.6 Å². The van der Waals surface area contributed by atoms with Gasteiger partial charge in [0.2, 0.25) is 0 Å². The van der Waals surface area contributed by atoms with Crippen molar-refractivity contribution in [2.45, 2.75) is 38.3 Å². The fourth-order valence-electron chi connectivity index (χ4n) is 4.36. The molecule has 0 aromatic heterocycles. The zero-order valence-corrected chi connectivity index (χ0v) is 16.5. The summed E-state index contributed by atoms with van der Waals surface area (Å²) in [7, 11) is 0. The van der Waals surface area contributed by atoms with Crippen LogP contribution in [-0.4, -0.2) is 49.1 Å². The first-order valence-corrected chi connectivity index (χ1v) is 10.3. The van der Waals surface area contributed by atoms with E-state index in [1.165, 1.54) is 31.5 Å². The van der Waals surface area contributed by atoms with E-state index >= 15 is 0 Å². The molecular formula is C23H29N3O2. The number of nitrogens with one attached hydrogen (secondary N) is 1. The summed E-state index contributed by atoms with van der Waals surface area (Å²) in [6.07, 6.45) is 3.90. The van der Waals surface area contributed by atoms with E-state index in [0.29, 0.717) is 11.8 Å². The zero-order valence-electron chi connectivity index (χ0n) is 16.5. The SMILES string of the molecule is CC1CCCN1C1CCN(c2ccc(NC(=O)COc3ccccc3)cc2)C1. The average Bonchev–Trinajstić information content (AvgIpc) is 3.37. The number of hydrogen-bond acceptors (Lipinski definition) is 4. The number of amides is 1. The van der Waals surface area contributed by atoms with Crippen molar-refractivity contribution in [3.63, 3.8) is 0 Å². The van der Waals surface area contributed by atoms with Crippen LogP contribution in [0.1, 0.15) is 26.2 Å². The molecule has 28 heavy (non-hydrogen) atoms. The predicted molar refractivity (Wildman–Crippen MR) is 113 cm³/mol. The Hall–Kier alpha value is -2.53. The number of ether oxygens (including phenoxy) is 1. The molecule has 0 aliphatic carbocycles.